The van der Waals surface area contributed by atoms with Crippen molar-refractivity contribution in [3.63, 3.8) is 0 Å². The summed E-state index contributed by atoms with van der Waals surface area (Å²) in [7, 11) is 0. The number of halogens is 1. The van der Waals surface area contributed by atoms with Gasteiger partial charge in [-0.05, 0) is 76.9 Å². The maximum absolute atomic E-state index is 12.7. The molecule has 2 aromatic carbocycles. The first kappa shape index (κ1) is 20.2. The first-order chi connectivity index (χ1) is 13.4. The number of hydrogen-bond acceptors (Lipinski definition) is 5. The van der Waals surface area contributed by atoms with E-state index in [1.807, 2.05) is 32.0 Å². The third-order valence-electron chi connectivity index (χ3n) is 3.96. The van der Waals surface area contributed by atoms with Gasteiger partial charge in [0, 0.05) is 0 Å². The molecule has 2 aromatic rings. The van der Waals surface area contributed by atoms with Gasteiger partial charge in [-0.2, -0.15) is 5.26 Å². The van der Waals surface area contributed by atoms with Crippen LogP contribution in [0.3, 0.4) is 0 Å². The van der Waals surface area contributed by atoms with Gasteiger partial charge in [-0.15, -0.1) is 0 Å². The van der Waals surface area contributed by atoms with Gasteiger partial charge < -0.3 is 4.74 Å². The highest BCUT2D eigenvalue weighted by Crippen LogP contribution is 2.35. The van der Waals surface area contributed by atoms with Gasteiger partial charge in [-0.25, -0.2) is 0 Å². The van der Waals surface area contributed by atoms with Crippen LogP contribution in [-0.2, 0) is 11.3 Å². The molecule has 2 amide bonds. The predicted molar refractivity (Wildman–Crippen MR) is 113 cm³/mol. The van der Waals surface area contributed by atoms with Crippen LogP contribution in [0.4, 0.5) is 4.79 Å². The molecule has 28 heavy (non-hydrogen) atoms. The van der Waals surface area contributed by atoms with E-state index in [0.717, 1.165) is 26.7 Å². The summed E-state index contributed by atoms with van der Waals surface area (Å²) >= 11 is 4.37. The van der Waals surface area contributed by atoms with E-state index in [1.54, 1.807) is 30.3 Å². The molecule has 0 bridgehead atoms. The van der Waals surface area contributed by atoms with E-state index in [-0.39, 0.29) is 23.8 Å². The van der Waals surface area contributed by atoms with Gasteiger partial charge in [0.05, 0.1) is 33.7 Å². The van der Waals surface area contributed by atoms with Crippen LogP contribution in [0.5, 0.6) is 5.75 Å². The summed E-state index contributed by atoms with van der Waals surface area (Å²) in [5, 5.41) is 8.86. The summed E-state index contributed by atoms with van der Waals surface area (Å²) in [6, 6.07) is 14.5. The van der Waals surface area contributed by atoms with E-state index in [0.29, 0.717) is 21.8 Å². The molecule has 0 radical (unpaired) electrons. The van der Waals surface area contributed by atoms with Crippen molar-refractivity contribution in [1.82, 2.24) is 4.90 Å². The molecule has 0 atom stereocenters. The minimum atomic E-state index is -0.360. The number of nitrogens with zero attached hydrogens (tertiary/aromatic N) is 2. The van der Waals surface area contributed by atoms with Gasteiger partial charge in [-0.1, -0.05) is 24.3 Å². The van der Waals surface area contributed by atoms with Gasteiger partial charge in [0.15, 0.2) is 0 Å². The van der Waals surface area contributed by atoms with Crippen molar-refractivity contribution in [2.75, 3.05) is 0 Å². The van der Waals surface area contributed by atoms with Gasteiger partial charge in [0.25, 0.3) is 11.1 Å². The fourth-order valence-electron chi connectivity index (χ4n) is 2.68. The Balaban J connectivity index is 1.81. The Kier molecular flexibility index (Phi) is 6.22. The van der Waals surface area contributed by atoms with Crippen LogP contribution in [0.25, 0.3) is 6.08 Å². The lowest BCUT2D eigenvalue weighted by atomic mass is 10.1. The topological polar surface area (TPSA) is 70.4 Å². The zero-order valence-electron chi connectivity index (χ0n) is 15.3. The second-order valence-electron chi connectivity index (χ2n) is 6.39. The predicted octanol–water partition coefficient (Wildman–Crippen LogP) is 5.34. The molecule has 0 aliphatic carbocycles. The largest absolute Gasteiger partial charge is 0.490 e. The zero-order valence-corrected chi connectivity index (χ0v) is 17.7. The molecule has 0 N–H and O–H groups in total. The second-order valence-corrected chi connectivity index (χ2v) is 8.24. The van der Waals surface area contributed by atoms with Crippen LogP contribution in [0.2, 0.25) is 0 Å². The molecule has 0 saturated carbocycles. The second kappa shape index (κ2) is 8.63. The highest BCUT2D eigenvalue weighted by Gasteiger charge is 2.35. The molecular formula is C21H17BrN2O3S. The van der Waals surface area contributed by atoms with E-state index in [2.05, 4.69) is 22.0 Å². The van der Waals surface area contributed by atoms with Crippen molar-refractivity contribution in [3.8, 4) is 11.8 Å². The molecule has 0 unspecified atom stereocenters. The van der Waals surface area contributed by atoms with E-state index >= 15 is 0 Å². The number of carbonyl (C=O) groups is 2. The van der Waals surface area contributed by atoms with Crippen LogP contribution in [0, 0.1) is 11.3 Å². The van der Waals surface area contributed by atoms with Gasteiger partial charge in [0.2, 0.25) is 0 Å². The normalized spacial score (nSPS) is 15.4. The molecule has 7 heteroatoms. The van der Waals surface area contributed by atoms with Gasteiger partial charge in [0.1, 0.15) is 5.75 Å². The lowest BCUT2D eigenvalue weighted by Crippen LogP contribution is -2.27. The van der Waals surface area contributed by atoms with Crippen LogP contribution in [-0.4, -0.2) is 22.2 Å². The Bertz CT molecular complexity index is 1010. The SMILES string of the molecule is CC(C)Oc1ccc(/C=C2/SC(=O)N(Cc3ccccc3C#N)C2=O)cc1Br. The lowest BCUT2D eigenvalue weighted by molar-refractivity contribution is -0.123. The van der Waals surface area contributed by atoms with Crippen LogP contribution in [0.1, 0.15) is 30.5 Å². The van der Waals surface area contributed by atoms with E-state index < -0.39 is 0 Å². The molecule has 1 aliphatic heterocycles. The van der Waals surface area contributed by atoms with Crippen LogP contribution < -0.4 is 4.74 Å². The summed E-state index contributed by atoms with van der Waals surface area (Å²) in [4.78, 5) is 26.6. The van der Waals surface area contributed by atoms with E-state index in [9.17, 15) is 14.9 Å². The maximum atomic E-state index is 12.7. The minimum Gasteiger partial charge on any atom is -0.490 e. The van der Waals surface area contributed by atoms with Crippen molar-refractivity contribution >= 4 is 44.9 Å². The Morgan fingerprint density at radius 3 is 2.68 bits per heavy atom. The molecule has 3 rings (SSSR count). The first-order valence-electron chi connectivity index (χ1n) is 8.58. The Hall–Kier alpha value is -2.56. The number of rotatable bonds is 5. The monoisotopic (exact) mass is 456 g/mol. The lowest BCUT2D eigenvalue weighted by Gasteiger charge is -2.13. The fraction of sp³-hybridized carbons (Fsp3) is 0.190. The molecular weight excluding hydrogens is 440 g/mol. The number of thioether (sulfide) groups is 1. The summed E-state index contributed by atoms with van der Waals surface area (Å²) in [6.45, 7) is 3.97. The highest BCUT2D eigenvalue weighted by molar-refractivity contribution is 9.10. The average Bonchev–Trinajstić information content (AvgIpc) is 2.91. The highest BCUT2D eigenvalue weighted by atomic mass is 79.9. The number of benzene rings is 2. The third kappa shape index (κ3) is 4.46. The standard InChI is InChI=1S/C21H17BrN2O3S/c1-13(2)27-18-8-7-14(9-17(18)22)10-19-20(25)24(21(26)28-19)12-16-6-4-3-5-15(16)11-23/h3-10,13H,12H2,1-2H3/b19-10+. The number of hydrogen-bond donors (Lipinski definition) is 0. The molecule has 0 spiro atoms. The maximum Gasteiger partial charge on any atom is 0.293 e. The number of carbonyl (C=O) groups excluding carboxylic acids is 2. The average molecular weight is 457 g/mol. The molecule has 1 fully saturated rings. The van der Waals surface area contributed by atoms with Gasteiger partial charge in [-0.3, -0.25) is 14.5 Å². The summed E-state index contributed by atoms with van der Waals surface area (Å²) in [5.41, 5.74) is 1.88. The summed E-state index contributed by atoms with van der Waals surface area (Å²) < 4.78 is 6.46. The fourth-order valence-corrected chi connectivity index (χ4v) is 4.01. The zero-order chi connectivity index (χ0) is 20.3. The Morgan fingerprint density at radius 2 is 2.00 bits per heavy atom. The van der Waals surface area contributed by atoms with Crippen molar-refractivity contribution in [2.24, 2.45) is 0 Å². The molecule has 0 aromatic heterocycles. The molecule has 5 nitrogen and oxygen atoms in total. The van der Waals surface area contributed by atoms with Crippen molar-refractivity contribution in [1.29, 1.82) is 5.26 Å². The van der Waals surface area contributed by atoms with Crippen molar-refractivity contribution in [3.05, 3.63) is 68.5 Å². The van der Waals surface area contributed by atoms with E-state index in [4.69, 9.17) is 4.74 Å². The number of imide groups is 1. The summed E-state index contributed by atoms with van der Waals surface area (Å²) in [5.74, 6) is 0.356. The molecule has 1 heterocycles. The number of amides is 2. The van der Waals surface area contributed by atoms with Crippen molar-refractivity contribution in [2.45, 2.75) is 26.5 Å². The number of nitriles is 1. The first-order valence-corrected chi connectivity index (χ1v) is 10.2. The summed E-state index contributed by atoms with van der Waals surface area (Å²) in [6.07, 6.45) is 1.74. The number of ether oxygens (including phenoxy) is 1. The van der Waals surface area contributed by atoms with Gasteiger partial charge >= 0.3 is 0 Å². The molecule has 1 saturated heterocycles. The quantitative estimate of drug-likeness (QED) is 0.567. The molecule has 1 aliphatic rings. The van der Waals surface area contributed by atoms with Crippen molar-refractivity contribution < 1.29 is 14.3 Å². The smallest absolute Gasteiger partial charge is 0.293 e. The van der Waals surface area contributed by atoms with E-state index in [1.165, 1.54) is 0 Å². The Morgan fingerprint density at radius 1 is 1.25 bits per heavy atom. The minimum absolute atomic E-state index is 0.0509. The Labute approximate surface area is 176 Å². The molecule has 142 valence electrons. The van der Waals surface area contributed by atoms with Crippen LogP contribution in [0.15, 0.2) is 51.8 Å². The third-order valence-corrected chi connectivity index (χ3v) is 5.48. The van der Waals surface area contributed by atoms with Crippen LogP contribution >= 0.6 is 27.7 Å².